The number of rotatable bonds is 3. The van der Waals surface area contributed by atoms with Gasteiger partial charge in [0.05, 0.1) is 27.5 Å². The molecule has 1 heterocycles. The lowest BCUT2D eigenvalue weighted by Crippen LogP contribution is -2.07. The number of thioether (sulfide) groups is 1. The zero-order chi connectivity index (χ0) is 15.8. The van der Waals surface area contributed by atoms with E-state index < -0.39 is 11.7 Å². The van der Waals surface area contributed by atoms with Gasteiger partial charge in [-0.1, -0.05) is 30.1 Å². The summed E-state index contributed by atoms with van der Waals surface area (Å²) < 4.78 is 39.6. The van der Waals surface area contributed by atoms with Gasteiger partial charge in [0.2, 0.25) is 0 Å². The van der Waals surface area contributed by atoms with Gasteiger partial charge >= 0.3 is 6.18 Å². The van der Waals surface area contributed by atoms with E-state index in [0.717, 1.165) is 28.5 Å². The maximum Gasteiger partial charge on any atom is 0.416 e. The molecule has 0 unspecified atom stereocenters. The summed E-state index contributed by atoms with van der Waals surface area (Å²) >= 11 is 13.5. The zero-order valence-corrected chi connectivity index (χ0v) is 13.5. The van der Waals surface area contributed by atoms with Crippen molar-refractivity contribution in [1.29, 1.82) is 0 Å². The monoisotopic (exact) mass is 354 g/mol. The van der Waals surface area contributed by atoms with E-state index in [4.69, 9.17) is 23.2 Å². The van der Waals surface area contributed by atoms with Gasteiger partial charge in [-0.3, -0.25) is 0 Å². The van der Waals surface area contributed by atoms with Crippen molar-refractivity contribution in [1.82, 2.24) is 9.78 Å². The second-order valence-corrected chi connectivity index (χ2v) is 6.35. The third-order valence-electron chi connectivity index (χ3n) is 2.82. The highest BCUT2D eigenvalue weighted by Crippen LogP contribution is 2.38. The SMILES string of the molecule is CCSc1cnn(-c2c(Cl)cc(C(F)(F)F)cc2Cl)c1C. The van der Waals surface area contributed by atoms with Crippen molar-refractivity contribution >= 4 is 35.0 Å². The van der Waals surface area contributed by atoms with E-state index in [0.29, 0.717) is 0 Å². The summed E-state index contributed by atoms with van der Waals surface area (Å²) in [7, 11) is 0. The lowest BCUT2D eigenvalue weighted by molar-refractivity contribution is -0.137. The summed E-state index contributed by atoms with van der Waals surface area (Å²) in [4.78, 5) is 0.935. The van der Waals surface area contributed by atoms with Crippen LogP contribution in [0.1, 0.15) is 18.2 Å². The molecule has 0 fully saturated rings. The molecule has 8 heteroatoms. The number of nitrogens with zero attached hydrogens (tertiary/aromatic N) is 2. The average Bonchev–Trinajstić information content (AvgIpc) is 2.70. The van der Waals surface area contributed by atoms with E-state index >= 15 is 0 Å². The van der Waals surface area contributed by atoms with Gasteiger partial charge in [-0.2, -0.15) is 18.3 Å². The lowest BCUT2D eigenvalue weighted by Gasteiger charge is -2.13. The molecule has 0 saturated carbocycles. The van der Waals surface area contributed by atoms with Gasteiger partial charge in [0.25, 0.3) is 0 Å². The second-order valence-electron chi connectivity index (χ2n) is 4.23. The van der Waals surface area contributed by atoms with Crippen LogP contribution >= 0.6 is 35.0 Å². The van der Waals surface area contributed by atoms with Gasteiger partial charge in [-0.15, -0.1) is 11.8 Å². The first-order valence-electron chi connectivity index (χ1n) is 5.99. The maximum atomic E-state index is 12.7. The Bertz CT molecular complexity index is 645. The van der Waals surface area contributed by atoms with E-state index in [1.807, 2.05) is 13.8 Å². The van der Waals surface area contributed by atoms with Crippen molar-refractivity contribution in [2.75, 3.05) is 5.75 Å². The summed E-state index contributed by atoms with van der Waals surface area (Å²) in [5.41, 5.74) is 0.159. The lowest BCUT2D eigenvalue weighted by atomic mass is 10.2. The molecule has 0 bridgehead atoms. The molecule has 0 aliphatic carbocycles. The smallest absolute Gasteiger partial charge is 0.234 e. The van der Waals surface area contributed by atoms with Crippen molar-refractivity contribution in [3.8, 4) is 5.69 Å². The predicted octanol–water partition coefficient (Wildman–Crippen LogP) is 5.62. The molecule has 1 aromatic carbocycles. The Morgan fingerprint density at radius 3 is 2.29 bits per heavy atom. The summed E-state index contributed by atoms with van der Waals surface area (Å²) in [6.07, 6.45) is -2.85. The van der Waals surface area contributed by atoms with E-state index in [2.05, 4.69) is 5.10 Å². The van der Waals surface area contributed by atoms with Crippen LogP contribution in [0.5, 0.6) is 0 Å². The number of alkyl halides is 3. The summed E-state index contributed by atoms with van der Waals surface area (Å²) in [5, 5.41) is 3.99. The molecule has 1 aromatic heterocycles. The molecule has 0 N–H and O–H groups in total. The third kappa shape index (κ3) is 3.33. The predicted molar refractivity (Wildman–Crippen MR) is 79.7 cm³/mol. The highest BCUT2D eigenvalue weighted by Gasteiger charge is 2.32. The van der Waals surface area contributed by atoms with Crippen LogP contribution in [0.2, 0.25) is 10.0 Å². The zero-order valence-electron chi connectivity index (χ0n) is 11.1. The highest BCUT2D eigenvalue weighted by molar-refractivity contribution is 7.99. The largest absolute Gasteiger partial charge is 0.416 e. The average molecular weight is 355 g/mol. The Kier molecular flexibility index (Phi) is 4.80. The molecule has 0 amide bonds. The van der Waals surface area contributed by atoms with Crippen LogP contribution in [0.25, 0.3) is 5.69 Å². The van der Waals surface area contributed by atoms with E-state index in [1.54, 1.807) is 18.0 Å². The molecule has 0 aliphatic rings. The van der Waals surface area contributed by atoms with Crippen LogP contribution in [-0.2, 0) is 6.18 Å². The summed E-state index contributed by atoms with van der Waals surface area (Å²) in [6, 6.07) is 1.72. The molecule has 21 heavy (non-hydrogen) atoms. The highest BCUT2D eigenvalue weighted by atomic mass is 35.5. The van der Waals surface area contributed by atoms with Gasteiger partial charge in [0, 0.05) is 4.90 Å². The molecule has 0 radical (unpaired) electrons. The molecule has 0 saturated heterocycles. The fourth-order valence-electron chi connectivity index (χ4n) is 1.85. The Morgan fingerprint density at radius 2 is 1.81 bits per heavy atom. The Balaban J connectivity index is 2.55. The minimum absolute atomic E-state index is 0.0888. The molecular formula is C13H11Cl2F3N2S. The first-order valence-corrected chi connectivity index (χ1v) is 7.74. The van der Waals surface area contributed by atoms with Gasteiger partial charge in [-0.05, 0) is 24.8 Å². The first-order chi connectivity index (χ1) is 9.75. The standard InChI is InChI=1S/C13H11Cl2F3N2S/c1-3-21-11-6-19-20(7(11)2)12-9(14)4-8(5-10(12)15)13(16,17)18/h4-6H,3H2,1-2H3. The number of hydrogen-bond donors (Lipinski definition) is 0. The quantitative estimate of drug-likeness (QED) is 0.665. The molecule has 2 aromatic rings. The number of benzene rings is 1. The van der Waals surface area contributed by atoms with Crippen LogP contribution in [0.15, 0.2) is 23.2 Å². The second kappa shape index (κ2) is 6.10. The van der Waals surface area contributed by atoms with Crippen molar-refractivity contribution in [3.05, 3.63) is 39.6 Å². The van der Waals surface area contributed by atoms with Crippen molar-refractivity contribution in [2.45, 2.75) is 24.9 Å². The Labute approximate surface area is 134 Å². The van der Waals surface area contributed by atoms with E-state index in [9.17, 15) is 13.2 Å². The molecule has 114 valence electrons. The van der Waals surface area contributed by atoms with Crippen LogP contribution < -0.4 is 0 Å². The van der Waals surface area contributed by atoms with Gasteiger partial charge in [0.15, 0.2) is 0 Å². The first kappa shape index (κ1) is 16.5. The van der Waals surface area contributed by atoms with Crippen molar-refractivity contribution in [3.63, 3.8) is 0 Å². The minimum Gasteiger partial charge on any atom is -0.234 e. The summed E-state index contributed by atoms with van der Waals surface area (Å²) in [6.45, 7) is 3.81. The van der Waals surface area contributed by atoms with E-state index in [1.165, 1.54) is 4.68 Å². The summed E-state index contributed by atoms with van der Waals surface area (Å²) in [5.74, 6) is 0.862. The van der Waals surface area contributed by atoms with E-state index in [-0.39, 0.29) is 15.7 Å². The molecular weight excluding hydrogens is 344 g/mol. The molecule has 2 nitrogen and oxygen atoms in total. The molecule has 0 atom stereocenters. The number of halogens is 5. The fraction of sp³-hybridized carbons (Fsp3) is 0.308. The number of hydrogen-bond acceptors (Lipinski definition) is 2. The Hall–Kier alpha value is -0.850. The van der Waals surface area contributed by atoms with Crippen molar-refractivity contribution < 1.29 is 13.2 Å². The molecule has 0 aliphatic heterocycles. The van der Waals surface area contributed by atoms with Crippen LogP contribution in [0.3, 0.4) is 0 Å². The normalized spacial score (nSPS) is 12.0. The Morgan fingerprint density at radius 1 is 1.24 bits per heavy atom. The fourth-order valence-corrected chi connectivity index (χ4v) is 3.22. The topological polar surface area (TPSA) is 17.8 Å². The maximum absolute atomic E-state index is 12.7. The molecule has 0 spiro atoms. The van der Waals surface area contributed by atoms with Gasteiger partial charge in [0.1, 0.15) is 5.69 Å². The van der Waals surface area contributed by atoms with Gasteiger partial charge < -0.3 is 0 Å². The third-order valence-corrected chi connectivity index (χ3v) is 4.40. The minimum atomic E-state index is -4.49. The van der Waals surface area contributed by atoms with Crippen molar-refractivity contribution in [2.24, 2.45) is 0 Å². The number of aromatic nitrogens is 2. The van der Waals surface area contributed by atoms with Gasteiger partial charge in [-0.25, -0.2) is 4.68 Å². The van der Waals surface area contributed by atoms with Crippen LogP contribution in [0, 0.1) is 6.92 Å². The van der Waals surface area contributed by atoms with Crippen LogP contribution in [-0.4, -0.2) is 15.5 Å². The van der Waals surface area contributed by atoms with Crippen LogP contribution in [0.4, 0.5) is 13.2 Å². The molecule has 2 rings (SSSR count).